The van der Waals surface area contributed by atoms with E-state index in [4.69, 9.17) is 0 Å². The topological polar surface area (TPSA) is 49.4 Å². The summed E-state index contributed by atoms with van der Waals surface area (Å²) in [7, 11) is 0. The van der Waals surface area contributed by atoms with E-state index < -0.39 is 18.3 Å². The van der Waals surface area contributed by atoms with Crippen LogP contribution in [0, 0.1) is 11.3 Å². The number of amides is 2. The monoisotopic (exact) mass is 284 g/mol. The molecule has 5 heteroatoms. The van der Waals surface area contributed by atoms with Crippen molar-refractivity contribution < 1.29 is 14.0 Å². The van der Waals surface area contributed by atoms with Crippen molar-refractivity contribution in [1.82, 2.24) is 10.2 Å². The van der Waals surface area contributed by atoms with Gasteiger partial charge in [0.2, 0.25) is 11.8 Å². The van der Waals surface area contributed by atoms with Crippen LogP contribution in [0.25, 0.3) is 0 Å². The van der Waals surface area contributed by atoms with Crippen LogP contribution in [-0.4, -0.2) is 41.5 Å². The van der Waals surface area contributed by atoms with Gasteiger partial charge in [-0.3, -0.25) is 14.0 Å². The minimum absolute atomic E-state index is 0.0482. The van der Waals surface area contributed by atoms with Crippen LogP contribution in [0.3, 0.4) is 0 Å². The lowest BCUT2D eigenvalue weighted by Gasteiger charge is -2.48. The fourth-order valence-electron chi connectivity index (χ4n) is 3.19. The summed E-state index contributed by atoms with van der Waals surface area (Å²) in [6, 6.07) is -0.520. The van der Waals surface area contributed by atoms with E-state index in [0.717, 1.165) is 12.8 Å². The first-order valence-electron chi connectivity index (χ1n) is 7.41. The maximum atomic E-state index is 12.8. The molecule has 1 aliphatic heterocycles. The Hall–Kier alpha value is -1.13. The molecule has 1 saturated carbocycles. The highest BCUT2D eigenvalue weighted by Crippen LogP contribution is 2.43. The maximum Gasteiger partial charge on any atom is 0.249 e. The van der Waals surface area contributed by atoms with Gasteiger partial charge >= 0.3 is 0 Å². The first kappa shape index (κ1) is 15.3. The van der Waals surface area contributed by atoms with Crippen molar-refractivity contribution in [2.75, 3.05) is 13.2 Å². The lowest BCUT2D eigenvalue weighted by molar-refractivity contribution is -0.160. The molecule has 0 bridgehead atoms. The highest BCUT2D eigenvalue weighted by Gasteiger charge is 2.57. The van der Waals surface area contributed by atoms with Gasteiger partial charge in [-0.05, 0) is 37.5 Å². The van der Waals surface area contributed by atoms with Gasteiger partial charge in [0, 0.05) is 6.54 Å². The Morgan fingerprint density at radius 3 is 2.40 bits per heavy atom. The van der Waals surface area contributed by atoms with Gasteiger partial charge in [0.15, 0.2) is 0 Å². The molecule has 2 rings (SSSR count). The molecule has 1 N–H and O–H groups in total. The fraction of sp³-hybridized carbons (Fsp3) is 0.867. The number of piperazine rings is 1. The van der Waals surface area contributed by atoms with Crippen LogP contribution in [0.5, 0.6) is 0 Å². The zero-order valence-electron chi connectivity index (χ0n) is 12.8. The van der Waals surface area contributed by atoms with Crippen LogP contribution in [-0.2, 0) is 9.59 Å². The van der Waals surface area contributed by atoms with Gasteiger partial charge in [0.05, 0.1) is 6.67 Å². The van der Waals surface area contributed by atoms with E-state index in [0.29, 0.717) is 6.54 Å². The number of rotatable bonds is 4. The molecule has 1 aliphatic carbocycles. The van der Waals surface area contributed by atoms with Gasteiger partial charge < -0.3 is 10.2 Å². The van der Waals surface area contributed by atoms with Gasteiger partial charge in [0.25, 0.3) is 0 Å². The predicted molar refractivity (Wildman–Crippen MR) is 74.8 cm³/mol. The minimum atomic E-state index is -0.796. The first-order chi connectivity index (χ1) is 9.21. The van der Waals surface area contributed by atoms with E-state index in [9.17, 15) is 14.0 Å². The smallest absolute Gasteiger partial charge is 0.249 e. The number of alkyl halides is 1. The Kier molecular flexibility index (Phi) is 3.82. The Bertz CT molecular complexity index is 415. The number of hydrogen-bond donors (Lipinski definition) is 1. The van der Waals surface area contributed by atoms with Crippen LogP contribution in [0.1, 0.15) is 47.0 Å². The number of hydrogen-bond acceptors (Lipinski definition) is 2. The Morgan fingerprint density at radius 2 is 1.95 bits per heavy atom. The summed E-state index contributed by atoms with van der Waals surface area (Å²) < 4.78 is 12.5. The molecular formula is C15H25FN2O2. The van der Waals surface area contributed by atoms with Crippen molar-refractivity contribution in [3.63, 3.8) is 0 Å². The SMILES string of the molecule is CC(C)(C)C1C(=O)NC(C)(C2CC2)C(=O)N1CCCF. The summed E-state index contributed by atoms with van der Waals surface area (Å²) in [6.07, 6.45) is 2.23. The summed E-state index contributed by atoms with van der Waals surface area (Å²) >= 11 is 0. The van der Waals surface area contributed by atoms with Crippen molar-refractivity contribution in [2.24, 2.45) is 11.3 Å². The van der Waals surface area contributed by atoms with Crippen LogP contribution < -0.4 is 5.32 Å². The van der Waals surface area contributed by atoms with E-state index in [1.807, 2.05) is 27.7 Å². The Morgan fingerprint density at radius 1 is 1.35 bits per heavy atom. The zero-order chi connectivity index (χ0) is 15.1. The van der Waals surface area contributed by atoms with Gasteiger partial charge in [0.1, 0.15) is 11.6 Å². The molecule has 2 fully saturated rings. The number of nitrogens with one attached hydrogen (secondary N) is 1. The molecule has 0 aromatic carbocycles. The number of carbonyl (C=O) groups excluding carboxylic acids is 2. The van der Waals surface area contributed by atoms with Crippen LogP contribution in [0.4, 0.5) is 4.39 Å². The third-order valence-electron chi connectivity index (χ3n) is 4.39. The Balaban J connectivity index is 2.31. The van der Waals surface area contributed by atoms with Gasteiger partial charge in [-0.2, -0.15) is 0 Å². The second kappa shape index (κ2) is 5.01. The van der Waals surface area contributed by atoms with Crippen molar-refractivity contribution in [2.45, 2.75) is 58.5 Å². The quantitative estimate of drug-likeness (QED) is 0.857. The second-order valence-electron chi connectivity index (χ2n) is 7.28. The lowest BCUT2D eigenvalue weighted by atomic mass is 9.79. The van der Waals surface area contributed by atoms with Gasteiger partial charge in [-0.1, -0.05) is 20.8 Å². The normalized spacial score (nSPS) is 31.4. The molecule has 2 unspecified atom stereocenters. The average molecular weight is 284 g/mol. The number of halogens is 1. The van der Waals surface area contributed by atoms with E-state index in [2.05, 4.69) is 5.32 Å². The van der Waals surface area contributed by atoms with Crippen molar-refractivity contribution in [1.29, 1.82) is 0 Å². The largest absolute Gasteiger partial charge is 0.340 e. The van der Waals surface area contributed by atoms with E-state index in [-0.39, 0.29) is 29.6 Å². The van der Waals surface area contributed by atoms with Crippen molar-refractivity contribution in [3.05, 3.63) is 0 Å². The van der Waals surface area contributed by atoms with Crippen LogP contribution in [0.15, 0.2) is 0 Å². The first-order valence-corrected chi connectivity index (χ1v) is 7.41. The summed E-state index contributed by atoms with van der Waals surface area (Å²) in [6.45, 7) is 7.47. The average Bonchev–Trinajstić information content (AvgIpc) is 3.14. The summed E-state index contributed by atoms with van der Waals surface area (Å²) in [5.41, 5.74) is -1.16. The number of nitrogens with zero attached hydrogens (tertiary/aromatic N) is 1. The lowest BCUT2D eigenvalue weighted by Crippen LogP contribution is -2.72. The molecule has 1 heterocycles. The summed E-state index contributed by atoms with van der Waals surface area (Å²) in [4.78, 5) is 26.9. The molecule has 0 aromatic rings. The molecule has 1 saturated heterocycles. The zero-order valence-corrected chi connectivity index (χ0v) is 12.8. The summed E-state index contributed by atoms with van der Waals surface area (Å²) in [5.74, 6) is 0.0751. The standard InChI is InChI=1S/C15H25FN2O2/c1-14(2,3)11-12(19)17-15(4,10-6-7-10)13(20)18(11)9-5-8-16/h10-11H,5-9H2,1-4H3,(H,17,19). The molecule has 0 spiro atoms. The van der Waals surface area contributed by atoms with Crippen LogP contribution >= 0.6 is 0 Å². The van der Waals surface area contributed by atoms with Crippen molar-refractivity contribution >= 4 is 11.8 Å². The molecule has 2 amide bonds. The fourth-order valence-corrected chi connectivity index (χ4v) is 3.19. The van der Waals surface area contributed by atoms with E-state index in [1.165, 1.54) is 0 Å². The third-order valence-corrected chi connectivity index (χ3v) is 4.39. The molecular weight excluding hydrogens is 259 g/mol. The number of carbonyl (C=O) groups is 2. The summed E-state index contributed by atoms with van der Waals surface area (Å²) in [5, 5.41) is 2.94. The molecule has 2 aliphatic rings. The second-order valence-corrected chi connectivity index (χ2v) is 7.28. The van der Waals surface area contributed by atoms with Crippen molar-refractivity contribution in [3.8, 4) is 0 Å². The highest BCUT2D eigenvalue weighted by atomic mass is 19.1. The predicted octanol–water partition coefficient (Wildman–Crippen LogP) is 1.89. The third kappa shape index (κ3) is 2.54. The molecule has 0 aromatic heterocycles. The van der Waals surface area contributed by atoms with Gasteiger partial charge in [-0.25, -0.2) is 0 Å². The maximum absolute atomic E-state index is 12.8. The Labute approximate surface area is 120 Å². The van der Waals surface area contributed by atoms with Crippen LogP contribution in [0.2, 0.25) is 0 Å². The highest BCUT2D eigenvalue weighted by molar-refractivity contribution is 6.00. The molecule has 4 nitrogen and oxygen atoms in total. The molecule has 2 atom stereocenters. The molecule has 20 heavy (non-hydrogen) atoms. The molecule has 114 valence electrons. The van der Waals surface area contributed by atoms with E-state index in [1.54, 1.807) is 4.90 Å². The van der Waals surface area contributed by atoms with Gasteiger partial charge in [-0.15, -0.1) is 0 Å². The van der Waals surface area contributed by atoms with E-state index >= 15 is 0 Å². The molecule has 0 radical (unpaired) electrons. The minimum Gasteiger partial charge on any atom is -0.340 e.